The second-order valence-corrected chi connectivity index (χ2v) is 7.05. The SMILES string of the molecule is Cc1cc(C(=O)NNC(=O)CCc2c(C)nn(CC(C)C)c2C)c(C)o1. The van der Waals surface area contributed by atoms with Crippen molar-refractivity contribution in [2.24, 2.45) is 5.92 Å². The first-order valence-electron chi connectivity index (χ1n) is 8.88. The largest absolute Gasteiger partial charge is 0.466 e. The van der Waals surface area contributed by atoms with E-state index in [1.165, 1.54) is 0 Å². The summed E-state index contributed by atoms with van der Waals surface area (Å²) in [6.45, 7) is 12.6. The monoisotopic (exact) mass is 360 g/mol. The third-order valence-electron chi connectivity index (χ3n) is 4.27. The maximum atomic E-state index is 12.1. The van der Waals surface area contributed by atoms with Crippen LogP contribution in [0.1, 0.15) is 59.1 Å². The summed E-state index contributed by atoms with van der Waals surface area (Å²) in [7, 11) is 0. The minimum absolute atomic E-state index is 0.244. The molecule has 2 rings (SSSR count). The second kappa shape index (κ2) is 8.21. The molecule has 142 valence electrons. The van der Waals surface area contributed by atoms with Crippen LogP contribution in [0.5, 0.6) is 0 Å². The molecule has 7 heteroatoms. The van der Waals surface area contributed by atoms with E-state index >= 15 is 0 Å². The molecule has 0 aromatic carbocycles. The van der Waals surface area contributed by atoms with Crippen molar-refractivity contribution in [2.75, 3.05) is 0 Å². The number of amides is 2. The van der Waals surface area contributed by atoms with Gasteiger partial charge in [0, 0.05) is 18.7 Å². The Bertz CT molecular complexity index is 802. The van der Waals surface area contributed by atoms with Gasteiger partial charge < -0.3 is 4.42 Å². The minimum atomic E-state index is -0.384. The smallest absolute Gasteiger partial charge is 0.273 e. The zero-order valence-electron chi connectivity index (χ0n) is 16.4. The number of nitrogens with one attached hydrogen (secondary N) is 2. The molecule has 0 saturated carbocycles. The second-order valence-electron chi connectivity index (χ2n) is 7.05. The number of hydrogen-bond acceptors (Lipinski definition) is 4. The number of furan rings is 1. The molecule has 0 atom stereocenters. The van der Waals surface area contributed by atoms with Gasteiger partial charge in [0.2, 0.25) is 5.91 Å². The standard InChI is InChI=1S/C19H28N4O3/c1-11(2)10-23-14(5)16(13(4)22-23)7-8-18(24)20-21-19(25)17-9-12(3)26-15(17)6/h9,11H,7-8,10H2,1-6H3,(H,20,24)(H,21,25). The van der Waals surface area contributed by atoms with E-state index in [1.54, 1.807) is 19.9 Å². The van der Waals surface area contributed by atoms with Gasteiger partial charge in [0.05, 0.1) is 11.3 Å². The maximum Gasteiger partial charge on any atom is 0.273 e. The van der Waals surface area contributed by atoms with Gasteiger partial charge in [0.15, 0.2) is 0 Å². The molecular weight excluding hydrogens is 332 g/mol. The van der Waals surface area contributed by atoms with E-state index in [4.69, 9.17) is 4.42 Å². The Labute approximate surface area is 154 Å². The first-order valence-corrected chi connectivity index (χ1v) is 8.88. The Hall–Kier alpha value is -2.57. The molecule has 0 unspecified atom stereocenters. The third-order valence-corrected chi connectivity index (χ3v) is 4.27. The molecule has 2 aromatic heterocycles. The number of aromatic nitrogens is 2. The summed E-state index contributed by atoms with van der Waals surface area (Å²) in [4.78, 5) is 24.1. The molecule has 2 amide bonds. The zero-order chi connectivity index (χ0) is 19.4. The fourth-order valence-electron chi connectivity index (χ4n) is 2.97. The van der Waals surface area contributed by atoms with E-state index in [2.05, 4.69) is 29.8 Å². The highest BCUT2D eigenvalue weighted by molar-refractivity contribution is 5.96. The molecule has 0 fully saturated rings. The average Bonchev–Trinajstić information content (AvgIpc) is 3.02. The number of carbonyl (C=O) groups is 2. The van der Waals surface area contributed by atoms with Gasteiger partial charge in [-0.05, 0) is 51.7 Å². The van der Waals surface area contributed by atoms with Crippen LogP contribution in [0.4, 0.5) is 0 Å². The normalized spacial score (nSPS) is 11.0. The summed E-state index contributed by atoms with van der Waals surface area (Å²) < 4.78 is 7.32. The molecule has 26 heavy (non-hydrogen) atoms. The van der Waals surface area contributed by atoms with E-state index in [0.717, 1.165) is 23.5 Å². The molecule has 0 aliphatic rings. The Kier molecular flexibility index (Phi) is 6.23. The molecule has 0 radical (unpaired) electrons. The lowest BCUT2D eigenvalue weighted by molar-refractivity contribution is -0.121. The summed E-state index contributed by atoms with van der Waals surface area (Å²) in [5, 5.41) is 4.56. The van der Waals surface area contributed by atoms with Gasteiger partial charge in [-0.3, -0.25) is 25.1 Å². The van der Waals surface area contributed by atoms with Crippen LogP contribution >= 0.6 is 0 Å². The van der Waals surface area contributed by atoms with Crippen LogP contribution in [0.3, 0.4) is 0 Å². The number of hydrogen-bond donors (Lipinski definition) is 2. The Morgan fingerprint density at radius 3 is 2.46 bits per heavy atom. The van der Waals surface area contributed by atoms with E-state index < -0.39 is 0 Å². The fourth-order valence-corrected chi connectivity index (χ4v) is 2.97. The zero-order valence-corrected chi connectivity index (χ0v) is 16.4. The average molecular weight is 360 g/mol. The van der Waals surface area contributed by atoms with E-state index in [0.29, 0.717) is 29.4 Å². The van der Waals surface area contributed by atoms with Gasteiger partial charge in [0.25, 0.3) is 5.91 Å². The lowest BCUT2D eigenvalue weighted by atomic mass is 10.1. The van der Waals surface area contributed by atoms with Crippen LogP contribution < -0.4 is 10.9 Å². The molecule has 2 heterocycles. The van der Waals surface area contributed by atoms with Crippen LogP contribution in [-0.4, -0.2) is 21.6 Å². The van der Waals surface area contributed by atoms with Crippen molar-refractivity contribution in [1.29, 1.82) is 0 Å². The molecule has 2 aromatic rings. The number of rotatable bonds is 6. The van der Waals surface area contributed by atoms with Gasteiger partial charge in [-0.1, -0.05) is 13.8 Å². The van der Waals surface area contributed by atoms with E-state index in [9.17, 15) is 9.59 Å². The molecule has 2 N–H and O–H groups in total. The van der Waals surface area contributed by atoms with Crippen molar-refractivity contribution in [3.05, 3.63) is 40.1 Å². The van der Waals surface area contributed by atoms with Crippen LogP contribution in [0.2, 0.25) is 0 Å². The highest BCUT2D eigenvalue weighted by atomic mass is 16.3. The van der Waals surface area contributed by atoms with Crippen molar-refractivity contribution in [1.82, 2.24) is 20.6 Å². The molecular formula is C19H28N4O3. The van der Waals surface area contributed by atoms with Crippen LogP contribution in [-0.2, 0) is 17.8 Å². The summed E-state index contributed by atoms with van der Waals surface area (Å²) in [6.07, 6.45) is 0.861. The Morgan fingerprint density at radius 1 is 1.19 bits per heavy atom. The minimum Gasteiger partial charge on any atom is -0.466 e. The summed E-state index contributed by atoms with van der Waals surface area (Å²) in [5.74, 6) is 1.06. The quantitative estimate of drug-likeness (QED) is 0.775. The Balaban J connectivity index is 1.88. The number of aryl methyl sites for hydroxylation is 3. The summed E-state index contributed by atoms with van der Waals surface area (Å²) in [6, 6.07) is 1.65. The summed E-state index contributed by atoms with van der Waals surface area (Å²) >= 11 is 0. The van der Waals surface area contributed by atoms with E-state index in [-0.39, 0.29) is 18.2 Å². The lowest BCUT2D eigenvalue weighted by Gasteiger charge is -2.09. The number of carbonyl (C=O) groups excluding carboxylic acids is 2. The van der Waals surface area contributed by atoms with Crippen molar-refractivity contribution < 1.29 is 14.0 Å². The van der Waals surface area contributed by atoms with Crippen molar-refractivity contribution in [2.45, 2.75) is 60.9 Å². The fraction of sp³-hybridized carbons (Fsp3) is 0.526. The number of nitrogens with zero attached hydrogens (tertiary/aromatic N) is 2. The molecule has 0 aliphatic heterocycles. The first kappa shape index (κ1) is 19.8. The highest BCUT2D eigenvalue weighted by Gasteiger charge is 2.16. The van der Waals surface area contributed by atoms with Crippen molar-refractivity contribution >= 4 is 11.8 Å². The van der Waals surface area contributed by atoms with Crippen LogP contribution in [0.25, 0.3) is 0 Å². The van der Waals surface area contributed by atoms with Crippen molar-refractivity contribution in [3.8, 4) is 0 Å². The molecule has 7 nitrogen and oxygen atoms in total. The lowest BCUT2D eigenvalue weighted by Crippen LogP contribution is -2.41. The molecule has 0 saturated heterocycles. The van der Waals surface area contributed by atoms with Crippen LogP contribution in [0, 0.1) is 33.6 Å². The van der Waals surface area contributed by atoms with Crippen LogP contribution in [0.15, 0.2) is 10.5 Å². The summed E-state index contributed by atoms with van der Waals surface area (Å²) in [5.41, 5.74) is 8.44. The van der Waals surface area contributed by atoms with Gasteiger partial charge in [-0.15, -0.1) is 0 Å². The third kappa shape index (κ3) is 4.74. The predicted octanol–water partition coefficient (Wildman–Crippen LogP) is 2.76. The predicted molar refractivity (Wildman–Crippen MR) is 98.7 cm³/mol. The van der Waals surface area contributed by atoms with Gasteiger partial charge in [-0.2, -0.15) is 5.10 Å². The Morgan fingerprint density at radius 2 is 1.88 bits per heavy atom. The topological polar surface area (TPSA) is 89.2 Å². The van der Waals surface area contributed by atoms with Crippen molar-refractivity contribution in [3.63, 3.8) is 0 Å². The molecule has 0 spiro atoms. The number of hydrazine groups is 1. The van der Waals surface area contributed by atoms with Gasteiger partial charge in [-0.25, -0.2) is 0 Å². The van der Waals surface area contributed by atoms with E-state index in [1.807, 2.05) is 18.5 Å². The van der Waals surface area contributed by atoms with Gasteiger partial charge >= 0.3 is 0 Å². The highest BCUT2D eigenvalue weighted by Crippen LogP contribution is 2.16. The molecule has 0 aliphatic carbocycles. The first-order chi connectivity index (χ1) is 12.2. The molecule has 0 bridgehead atoms. The maximum absolute atomic E-state index is 12.1. The van der Waals surface area contributed by atoms with Gasteiger partial charge in [0.1, 0.15) is 11.5 Å².